The molecule has 0 atom stereocenters. The Morgan fingerprint density at radius 3 is 1.12 bits per heavy atom. The van der Waals surface area contributed by atoms with E-state index in [9.17, 15) is 19.2 Å². The molecular formula is C24H20N2O6. The average molecular weight is 432 g/mol. The lowest BCUT2D eigenvalue weighted by Crippen LogP contribution is -2.03. The Kier molecular flexibility index (Phi) is 8.90. The molecule has 4 aromatic rings. The van der Waals surface area contributed by atoms with Gasteiger partial charge in [0.15, 0.2) is 0 Å². The van der Waals surface area contributed by atoms with Crippen LogP contribution in [0.4, 0.5) is 0 Å². The molecule has 8 heteroatoms. The fourth-order valence-electron chi connectivity index (χ4n) is 2.56. The lowest BCUT2D eigenvalue weighted by atomic mass is 9.95. The molecule has 0 saturated heterocycles. The minimum absolute atomic E-state index is 0.0532. The molecule has 2 aromatic carbocycles. The highest BCUT2D eigenvalue weighted by atomic mass is 16.4. The minimum Gasteiger partial charge on any atom is -0.478 e. The van der Waals surface area contributed by atoms with Crippen molar-refractivity contribution in [2.24, 2.45) is 0 Å². The average Bonchev–Trinajstić information content (AvgIpc) is 2.81. The highest BCUT2D eigenvalue weighted by molar-refractivity contribution is 6.02. The molecule has 8 nitrogen and oxygen atoms in total. The molecule has 0 saturated carbocycles. The zero-order valence-corrected chi connectivity index (χ0v) is 16.8. The molecule has 162 valence electrons. The van der Waals surface area contributed by atoms with Gasteiger partial charge in [-0.05, 0) is 35.4 Å². The first-order valence-electron chi connectivity index (χ1n) is 9.32. The van der Waals surface area contributed by atoms with Crippen LogP contribution in [-0.4, -0.2) is 32.1 Å². The maximum absolute atomic E-state index is 11.1. The van der Waals surface area contributed by atoms with Crippen LogP contribution in [-0.2, 0) is 0 Å². The Balaban J connectivity index is 0.000000211. The molecule has 0 spiro atoms. The van der Waals surface area contributed by atoms with Gasteiger partial charge in [-0.15, -0.1) is 0 Å². The topological polar surface area (TPSA) is 140 Å². The molecular weight excluding hydrogens is 412 g/mol. The van der Waals surface area contributed by atoms with E-state index in [1.165, 1.54) is 24.3 Å². The lowest BCUT2D eigenvalue weighted by molar-refractivity contribution is 0.0684. The molecule has 0 fully saturated rings. The van der Waals surface area contributed by atoms with E-state index >= 15 is 0 Å². The van der Waals surface area contributed by atoms with Crippen LogP contribution in [0.1, 0.15) is 20.7 Å². The fourth-order valence-corrected chi connectivity index (χ4v) is 2.56. The summed E-state index contributed by atoms with van der Waals surface area (Å²) >= 11 is 0. The van der Waals surface area contributed by atoms with Crippen LogP contribution in [0.5, 0.6) is 0 Å². The number of pyridine rings is 2. The summed E-state index contributed by atoms with van der Waals surface area (Å²) in [5.74, 6) is -2.16. The number of carboxylic acid groups (broad SMARTS) is 2. The van der Waals surface area contributed by atoms with Gasteiger partial charge in [-0.2, -0.15) is 0 Å². The molecule has 2 aromatic heterocycles. The summed E-state index contributed by atoms with van der Waals surface area (Å²) in [5, 5.41) is 18.2. The molecule has 0 amide bonds. The second-order valence-electron chi connectivity index (χ2n) is 6.16. The van der Waals surface area contributed by atoms with Gasteiger partial charge in [0.25, 0.3) is 0 Å². The van der Waals surface area contributed by atoms with Crippen molar-refractivity contribution >= 4 is 11.9 Å². The van der Waals surface area contributed by atoms with Crippen molar-refractivity contribution in [3.05, 3.63) is 129 Å². The Morgan fingerprint density at radius 2 is 0.875 bits per heavy atom. The number of nitrogens with one attached hydrogen (secondary N) is 2. The quantitative estimate of drug-likeness (QED) is 0.391. The Bertz CT molecular complexity index is 1160. The number of benzene rings is 2. The molecule has 0 aliphatic rings. The van der Waals surface area contributed by atoms with Crippen LogP contribution < -0.4 is 11.1 Å². The fraction of sp³-hybridized carbons (Fsp3) is 0. The third-order valence-corrected chi connectivity index (χ3v) is 3.97. The number of H-pyrrole nitrogens is 2. The number of carbonyl (C=O) groups is 2. The molecule has 0 unspecified atom stereocenters. The normalized spacial score (nSPS) is 9.38. The van der Waals surface area contributed by atoms with Crippen LogP contribution in [0.25, 0.3) is 11.1 Å². The van der Waals surface area contributed by atoms with E-state index in [-0.39, 0.29) is 22.2 Å². The van der Waals surface area contributed by atoms with Crippen molar-refractivity contribution < 1.29 is 19.8 Å². The monoisotopic (exact) mass is 432 g/mol. The SMILES string of the molecule is O=C(O)c1ccccc1-c1ccccc1C(=O)O.O=c1cccc[nH]1.O=c1cccc[nH]1. The van der Waals surface area contributed by atoms with Crippen molar-refractivity contribution in [3.63, 3.8) is 0 Å². The zero-order chi connectivity index (χ0) is 23.3. The molecule has 32 heavy (non-hydrogen) atoms. The van der Waals surface area contributed by atoms with Crippen molar-refractivity contribution in [2.45, 2.75) is 0 Å². The van der Waals surface area contributed by atoms with E-state index in [0.717, 1.165) is 0 Å². The van der Waals surface area contributed by atoms with Gasteiger partial charge in [0, 0.05) is 24.5 Å². The second-order valence-corrected chi connectivity index (χ2v) is 6.16. The van der Waals surface area contributed by atoms with E-state index in [1.807, 2.05) is 0 Å². The standard InChI is InChI=1S/C14H10O4.2C5H5NO/c15-13(16)11-7-3-1-5-9(11)10-6-2-4-8-12(10)14(17)18;2*7-5-3-1-2-4-6-5/h1-8H,(H,15,16)(H,17,18);2*1-4H,(H,6,7). The van der Waals surface area contributed by atoms with Crippen LogP contribution in [0, 0.1) is 0 Å². The van der Waals surface area contributed by atoms with Crippen molar-refractivity contribution in [1.82, 2.24) is 9.97 Å². The summed E-state index contributed by atoms with van der Waals surface area (Å²) < 4.78 is 0. The maximum atomic E-state index is 11.1. The Labute approximate surface area is 182 Å². The summed E-state index contributed by atoms with van der Waals surface area (Å²) in [6.45, 7) is 0. The van der Waals surface area contributed by atoms with Crippen LogP contribution in [0.3, 0.4) is 0 Å². The molecule has 2 heterocycles. The molecule has 4 N–H and O–H groups in total. The van der Waals surface area contributed by atoms with Gasteiger partial charge in [0.2, 0.25) is 11.1 Å². The van der Waals surface area contributed by atoms with Crippen LogP contribution in [0.2, 0.25) is 0 Å². The highest BCUT2D eigenvalue weighted by Gasteiger charge is 2.16. The number of aromatic carboxylic acids is 2. The van der Waals surface area contributed by atoms with E-state index in [0.29, 0.717) is 11.1 Å². The van der Waals surface area contributed by atoms with E-state index in [2.05, 4.69) is 9.97 Å². The smallest absolute Gasteiger partial charge is 0.336 e. The van der Waals surface area contributed by atoms with Crippen LogP contribution >= 0.6 is 0 Å². The van der Waals surface area contributed by atoms with Gasteiger partial charge in [-0.25, -0.2) is 9.59 Å². The summed E-state index contributed by atoms with van der Waals surface area (Å²) in [7, 11) is 0. The number of carboxylic acids is 2. The van der Waals surface area contributed by atoms with Gasteiger partial charge in [0.1, 0.15) is 0 Å². The van der Waals surface area contributed by atoms with Crippen LogP contribution in [0.15, 0.2) is 107 Å². The predicted molar refractivity (Wildman–Crippen MR) is 120 cm³/mol. The van der Waals surface area contributed by atoms with Gasteiger partial charge in [-0.1, -0.05) is 48.5 Å². The third-order valence-electron chi connectivity index (χ3n) is 3.97. The van der Waals surface area contributed by atoms with E-state index < -0.39 is 11.9 Å². The number of hydrogen-bond acceptors (Lipinski definition) is 4. The minimum atomic E-state index is -1.08. The first kappa shape index (κ1) is 23.6. The summed E-state index contributed by atoms with van der Waals surface area (Å²) in [6.07, 6.45) is 3.20. The summed E-state index contributed by atoms with van der Waals surface area (Å²) in [6, 6.07) is 22.6. The highest BCUT2D eigenvalue weighted by Crippen LogP contribution is 2.27. The maximum Gasteiger partial charge on any atom is 0.336 e. The molecule has 4 rings (SSSR count). The number of rotatable bonds is 3. The third kappa shape index (κ3) is 7.27. The first-order valence-corrected chi connectivity index (χ1v) is 9.32. The largest absolute Gasteiger partial charge is 0.478 e. The van der Waals surface area contributed by atoms with E-state index in [1.54, 1.807) is 73.1 Å². The molecule has 0 aliphatic carbocycles. The summed E-state index contributed by atoms with van der Waals surface area (Å²) in [5.41, 5.74) is 0.883. The molecule has 0 radical (unpaired) electrons. The second kappa shape index (κ2) is 12.1. The Morgan fingerprint density at radius 1 is 0.531 bits per heavy atom. The van der Waals surface area contributed by atoms with Gasteiger partial charge < -0.3 is 20.2 Å². The first-order chi connectivity index (χ1) is 15.4. The number of aromatic nitrogens is 2. The molecule has 0 aliphatic heterocycles. The Hall–Kier alpha value is -4.72. The van der Waals surface area contributed by atoms with Gasteiger partial charge in [0.05, 0.1) is 11.1 Å². The predicted octanol–water partition coefficient (Wildman–Crippen LogP) is 3.50. The lowest BCUT2D eigenvalue weighted by Gasteiger charge is -2.08. The molecule has 0 bridgehead atoms. The van der Waals surface area contributed by atoms with Crippen molar-refractivity contribution in [3.8, 4) is 11.1 Å². The van der Waals surface area contributed by atoms with Crippen molar-refractivity contribution in [2.75, 3.05) is 0 Å². The number of hydrogen-bond donors (Lipinski definition) is 4. The van der Waals surface area contributed by atoms with Gasteiger partial charge >= 0.3 is 11.9 Å². The van der Waals surface area contributed by atoms with Crippen molar-refractivity contribution in [1.29, 1.82) is 0 Å². The van der Waals surface area contributed by atoms with Gasteiger partial charge in [-0.3, -0.25) is 9.59 Å². The number of aromatic amines is 2. The van der Waals surface area contributed by atoms with E-state index in [4.69, 9.17) is 10.2 Å². The summed E-state index contributed by atoms with van der Waals surface area (Å²) in [4.78, 5) is 47.6. The zero-order valence-electron chi connectivity index (χ0n) is 16.8.